The van der Waals surface area contributed by atoms with E-state index in [1.54, 1.807) is 0 Å². The smallest absolute Gasteiger partial charge is 0.251 e. The van der Waals surface area contributed by atoms with Crippen molar-refractivity contribution in [3.8, 4) is 11.3 Å². The molecule has 4 aromatic rings. The van der Waals surface area contributed by atoms with Crippen LogP contribution in [0.4, 0.5) is 11.6 Å². The summed E-state index contributed by atoms with van der Waals surface area (Å²) in [6.07, 6.45) is 6.34. The van der Waals surface area contributed by atoms with Crippen LogP contribution in [-0.2, 0) is 0 Å². The van der Waals surface area contributed by atoms with Gasteiger partial charge in [-0.3, -0.25) is 4.79 Å². The summed E-state index contributed by atoms with van der Waals surface area (Å²) in [7, 11) is 0. The van der Waals surface area contributed by atoms with Gasteiger partial charge in [0.1, 0.15) is 0 Å². The molecular weight excluding hydrogens is 410 g/mol. The Kier molecular flexibility index (Phi) is 6.07. The summed E-state index contributed by atoms with van der Waals surface area (Å²) in [6.45, 7) is 2.85. The number of hydrogen-bond donors (Lipinski definition) is 2. The van der Waals surface area contributed by atoms with Crippen LogP contribution in [0.3, 0.4) is 0 Å². The Labute approximate surface area is 194 Å². The van der Waals surface area contributed by atoms with Gasteiger partial charge < -0.3 is 10.6 Å². The average molecular weight is 440 g/mol. The third-order valence-corrected chi connectivity index (χ3v) is 6.35. The molecule has 168 valence electrons. The van der Waals surface area contributed by atoms with Crippen LogP contribution in [0.2, 0.25) is 0 Å². The van der Waals surface area contributed by atoms with E-state index >= 15 is 0 Å². The van der Waals surface area contributed by atoms with E-state index in [1.165, 1.54) is 37.7 Å². The minimum absolute atomic E-state index is 0.0132. The summed E-state index contributed by atoms with van der Waals surface area (Å²) in [5, 5.41) is 11.0. The highest BCUT2D eigenvalue weighted by Gasteiger charge is 2.15. The minimum atomic E-state index is -0.0132. The number of carbonyl (C=O) groups excluding carboxylic acids is 1. The SMILES string of the molecule is Cc1cccc(-c2cccc3nc(Nc4ccc(C(=O)NCC5CCCCC5)cc4)nn23)c1. The molecule has 0 atom stereocenters. The van der Waals surface area contributed by atoms with Crippen molar-refractivity contribution < 1.29 is 4.79 Å². The van der Waals surface area contributed by atoms with Crippen LogP contribution in [0.1, 0.15) is 48.0 Å². The summed E-state index contributed by atoms with van der Waals surface area (Å²) in [5.41, 5.74) is 5.57. The number of pyridine rings is 1. The van der Waals surface area contributed by atoms with Crippen molar-refractivity contribution in [3.63, 3.8) is 0 Å². The third-order valence-electron chi connectivity index (χ3n) is 6.35. The zero-order valence-electron chi connectivity index (χ0n) is 18.9. The molecule has 33 heavy (non-hydrogen) atoms. The molecule has 0 unspecified atom stereocenters. The van der Waals surface area contributed by atoms with Crippen molar-refractivity contribution in [2.45, 2.75) is 39.0 Å². The van der Waals surface area contributed by atoms with Crippen LogP contribution in [0.15, 0.2) is 66.7 Å². The minimum Gasteiger partial charge on any atom is -0.352 e. The number of aromatic nitrogens is 3. The molecular formula is C27H29N5O. The van der Waals surface area contributed by atoms with Crippen molar-refractivity contribution in [3.05, 3.63) is 77.9 Å². The number of amides is 1. The second kappa shape index (κ2) is 9.45. The number of hydrogen-bond acceptors (Lipinski definition) is 4. The van der Waals surface area contributed by atoms with Gasteiger partial charge in [-0.1, -0.05) is 49.1 Å². The predicted octanol–water partition coefficient (Wildman–Crippen LogP) is 5.76. The molecule has 5 rings (SSSR count). The van der Waals surface area contributed by atoms with Gasteiger partial charge in [0.15, 0.2) is 5.65 Å². The molecule has 2 aromatic heterocycles. The fraction of sp³-hybridized carbons (Fsp3) is 0.296. The first-order valence-corrected chi connectivity index (χ1v) is 11.7. The van der Waals surface area contributed by atoms with Crippen LogP contribution in [0.5, 0.6) is 0 Å². The lowest BCUT2D eigenvalue weighted by Crippen LogP contribution is -2.30. The number of benzene rings is 2. The van der Waals surface area contributed by atoms with E-state index in [1.807, 2.05) is 53.0 Å². The Morgan fingerprint density at radius 3 is 2.58 bits per heavy atom. The number of nitrogens with one attached hydrogen (secondary N) is 2. The van der Waals surface area contributed by atoms with E-state index in [2.05, 4.69) is 45.8 Å². The Morgan fingerprint density at radius 1 is 1.00 bits per heavy atom. The first kappa shape index (κ1) is 21.2. The molecule has 0 radical (unpaired) electrons. The second-order valence-electron chi connectivity index (χ2n) is 8.90. The van der Waals surface area contributed by atoms with Crippen LogP contribution in [0, 0.1) is 12.8 Å². The lowest BCUT2D eigenvalue weighted by Gasteiger charge is -2.21. The van der Waals surface area contributed by atoms with Crippen LogP contribution >= 0.6 is 0 Å². The molecule has 2 heterocycles. The maximum Gasteiger partial charge on any atom is 0.251 e. The van der Waals surface area contributed by atoms with Crippen LogP contribution in [0.25, 0.3) is 16.9 Å². The highest BCUT2D eigenvalue weighted by Crippen LogP contribution is 2.24. The molecule has 0 bridgehead atoms. The van der Waals surface area contributed by atoms with Gasteiger partial charge in [-0.15, -0.1) is 5.10 Å². The molecule has 0 saturated heterocycles. The molecule has 1 amide bonds. The highest BCUT2D eigenvalue weighted by atomic mass is 16.1. The molecule has 2 aromatic carbocycles. The second-order valence-corrected chi connectivity index (χ2v) is 8.90. The fourth-order valence-corrected chi connectivity index (χ4v) is 4.55. The maximum absolute atomic E-state index is 12.5. The number of aryl methyl sites for hydroxylation is 1. The average Bonchev–Trinajstić information content (AvgIpc) is 3.26. The molecule has 1 saturated carbocycles. The van der Waals surface area contributed by atoms with E-state index in [-0.39, 0.29) is 5.91 Å². The summed E-state index contributed by atoms with van der Waals surface area (Å²) in [4.78, 5) is 17.1. The first-order chi connectivity index (χ1) is 16.2. The molecule has 0 aliphatic heterocycles. The Balaban J connectivity index is 1.28. The maximum atomic E-state index is 12.5. The molecule has 1 aliphatic carbocycles. The lowest BCUT2D eigenvalue weighted by molar-refractivity contribution is 0.0943. The molecule has 1 aliphatic rings. The lowest BCUT2D eigenvalue weighted by atomic mass is 9.89. The summed E-state index contributed by atoms with van der Waals surface area (Å²) < 4.78 is 1.85. The topological polar surface area (TPSA) is 71.3 Å². The Morgan fingerprint density at radius 2 is 1.79 bits per heavy atom. The molecule has 0 spiro atoms. The normalized spacial score (nSPS) is 14.3. The summed E-state index contributed by atoms with van der Waals surface area (Å²) in [6, 6.07) is 21.8. The van der Waals surface area contributed by atoms with Crippen molar-refractivity contribution in [2.24, 2.45) is 5.92 Å². The molecule has 6 heteroatoms. The van der Waals surface area contributed by atoms with E-state index in [0.717, 1.165) is 29.1 Å². The van der Waals surface area contributed by atoms with Gasteiger partial charge >= 0.3 is 0 Å². The van der Waals surface area contributed by atoms with Gasteiger partial charge in [-0.25, -0.2) is 4.52 Å². The van der Waals surface area contributed by atoms with E-state index in [4.69, 9.17) is 0 Å². The van der Waals surface area contributed by atoms with Gasteiger partial charge in [0, 0.05) is 23.4 Å². The van der Waals surface area contributed by atoms with Gasteiger partial charge in [-0.2, -0.15) is 4.98 Å². The first-order valence-electron chi connectivity index (χ1n) is 11.7. The van der Waals surface area contributed by atoms with Crippen LogP contribution < -0.4 is 10.6 Å². The molecule has 2 N–H and O–H groups in total. The standard InChI is InChI=1S/C27H29N5O/c1-19-7-5-10-22(17-19)24-11-6-12-25-30-27(31-32(24)25)29-23-15-13-21(14-16-23)26(33)28-18-20-8-3-2-4-9-20/h5-7,10-17,20H,2-4,8-9,18H2,1H3,(H,28,33)(H,29,31). The van der Waals surface area contributed by atoms with Gasteiger partial charge in [0.2, 0.25) is 5.95 Å². The van der Waals surface area contributed by atoms with Gasteiger partial charge in [0.25, 0.3) is 5.91 Å². The van der Waals surface area contributed by atoms with E-state index in [9.17, 15) is 4.79 Å². The number of anilines is 2. The van der Waals surface area contributed by atoms with Crippen molar-refractivity contribution in [1.29, 1.82) is 0 Å². The highest BCUT2D eigenvalue weighted by molar-refractivity contribution is 5.94. The Hall–Kier alpha value is -3.67. The summed E-state index contributed by atoms with van der Waals surface area (Å²) >= 11 is 0. The molecule has 6 nitrogen and oxygen atoms in total. The van der Waals surface area contributed by atoms with E-state index < -0.39 is 0 Å². The number of rotatable bonds is 6. The van der Waals surface area contributed by atoms with Gasteiger partial charge in [-0.05, 0) is 68.1 Å². The van der Waals surface area contributed by atoms with Crippen molar-refractivity contribution >= 4 is 23.2 Å². The third kappa shape index (κ3) is 4.90. The zero-order valence-corrected chi connectivity index (χ0v) is 18.9. The monoisotopic (exact) mass is 439 g/mol. The molecule has 1 fully saturated rings. The van der Waals surface area contributed by atoms with Gasteiger partial charge in [0.05, 0.1) is 5.69 Å². The predicted molar refractivity (Wildman–Crippen MR) is 132 cm³/mol. The van der Waals surface area contributed by atoms with Crippen LogP contribution in [-0.4, -0.2) is 27.0 Å². The summed E-state index contributed by atoms with van der Waals surface area (Å²) in [5.74, 6) is 1.12. The quantitative estimate of drug-likeness (QED) is 0.401. The number of carbonyl (C=O) groups is 1. The zero-order chi connectivity index (χ0) is 22.6. The fourth-order valence-electron chi connectivity index (χ4n) is 4.55. The van der Waals surface area contributed by atoms with Crippen molar-refractivity contribution in [1.82, 2.24) is 19.9 Å². The Bertz CT molecular complexity index is 1260. The van der Waals surface area contributed by atoms with Crippen molar-refractivity contribution in [2.75, 3.05) is 11.9 Å². The largest absolute Gasteiger partial charge is 0.352 e. The number of fused-ring (bicyclic) bond motifs is 1. The number of nitrogens with zero attached hydrogens (tertiary/aromatic N) is 3. The van der Waals surface area contributed by atoms with E-state index in [0.29, 0.717) is 17.4 Å².